The van der Waals surface area contributed by atoms with Crippen LogP contribution >= 0.6 is 0 Å². The Kier molecular flexibility index (Phi) is 12.0. The summed E-state index contributed by atoms with van der Waals surface area (Å²) in [5, 5.41) is 7.65. The minimum absolute atomic E-state index is 0.134. The molecule has 240 valence electrons. The number of carbonyl (C=O) groups is 1. The van der Waals surface area contributed by atoms with Gasteiger partial charge in [0.05, 0.1) is 5.56 Å². The molecule has 0 aliphatic carbocycles. The zero-order valence-corrected chi connectivity index (χ0v) is 28.0. The fraction of sp³-hybridized carbons (Fsp3) is 0.568. The van der Waals surface area contributed by atoms with Gasteiger partial charge in [-0.3, -0.25) is 9.59 Å². The van der Waals surface area contributed by atoms with Crippen LogP contribution in [-0.4, -0.2) is 53.1 Å². The Balaban J connectivity index is 1.33. The van der Waals surface area contributed by atoms with Gasteiger partial charge in [-0.1, -0.05) is 57.0 Å². The predicted molar refractivity (Wildman–Crippen MR) is 184 cm³/mol. The first-order valence-corrected chi connectivity index (χ1v) is 16.8. The maximum atomic E-state index is 13.6. The summed E-state index contributed by atoms with van der Waals surface area (Å²) in [6.07, 6.45) is 7.02. The van der Waals surface area contributed by atoms with Crippen LogP contribution in [0.5, 0.6) is 0 Å². The van der Waals surface area contributed by atoms with Crippen molar-refractivity contribution in [2.24, 2.45) is 11.8 Å². The first-order chi connectivity index (χ1) is 21.1. The van der Waals surface area contributed by atoms with Gasteiger partial charge in [0, 0.05) is 53.5 Å². The van der Waals surface area contributed by atoms with Crippen LogP contribution in [0.3, 0.4) is 0 Å². The van der Waals surface area contributed by atoms with Crippen molar-refractivity contribution in [3.63, 3.8) is 0 Å². The number of amides is 1. The van der Waals surface area contributed by atoms with E-state index in [1.165, 1.54) is 18.4 Å². The van der Waals surface area contributed by atoms with E-state index in [1.807, 2.05) is 32.0 Å². The number of benzene rings is 1. The van der Waals surface area contributed by atoms with Crippen molar-refractivity contribution in [3.8, 4) is 0 Å². The van der Waals surface area contributed by atoms with Crippen molar-refractivity contribution >= 4 is 16.8 Å². The lowest BCUT2D eigenvalue weighted by atomic mass is 9.90. The summed E-state index contributed by atoms with van der Waals surface area (Å²) in [5.74, 6) is 1.20. The molecule has 0 spiro atoms. The van der Waals surface area contributed by atoms with Crippen LogP contribution in [0.25, 0.3) is 10.9 Å². The number of hydrogen-bond donors (Lipinski definition) is 3. The molecule has 4 rings (SSSR count). The molecule has 1 saturated heterocycles. The van der Waals surface area contributed by atoms with Gasteiger partial charge in [0.25, 0.3) is 11.5 Å². The smallest absolute Gasteiger partial charge is 0.254 e. The topological polar surface area (TPSA) is 82.2 Å². The number of rotatable bonds is 15. The van der Waals surface area contributed by atoms with Crippen molar-refractivity contribution in [2.75, 3.05) is 32.7 Å². The highest BCUT2D eigenvalue weighted by Crippen LogP contribution is 2.35. The van der Waals surface area contributed by atoms with Gasteiger partial charge in [-0.2, -0.15) is 0 Å². The van der Waals surface area contributed by atoms with E-state index in [0.717, 1.165) is 92.2 Å². The molecule has 3 aromatic rings. The van der Waals surface area contributed by atoms with Gasteiger partial charge in [-0.25, -0.2) is 0 Å². The van der Waals surface area contributed by atoms with Crippen molar-refractivity contribution in [2.45, 2.75) is 92.7 Å². The van der Waals surface area contributed by atoms with Crippen LogP contribution < -0.4 is 16.2 Å². The zero-order valence-electron chi connectivity index (χ0n) is 28.0. The van der Waals surface area contributed by atoms with Gasteiger partial charge in [-0.05, 0) is 103 Å². The Morgan fingerprint density at radius 1 is 1.09 bits per heavy atom. The Hall–Kier alpha value is -3.16. The Morgan fingerprint density at radius 2 is 1.80 bits per heavy atom. The van der Waals surface area contributed by atoms with Crippen LogP contribution in [0.2, 0.25) is 0 Å². The molecule has 0 bridgehead atoms. The summed E-state index contributed by atoms with van der Waals surface area (Å²) in [6.45, 7) is 22.6. The van der Waals surface area contributed by atoms with E-state index in [9.17, 15) is 9.59 Å². The SMILES string of the molecule is C=C(CCNCCN1CCC([C@H](C)n2c(C)c(C(=O)NCc3c(C)cc(C)[nH]c3=O)c3ccccc32)CC1)CC(CC)CC. The Morgan fingerprint density at radius 3 is 2.48 bits per heavy atom. The van der Waals surface area contributed by atoms with Gasteiger partial charge < -0.3 is 25.1 Å². The highest BCUT2D eigenvalue weighted by atomic mass is 16.2. The van der Waals surface area contributed by atoms with Crippen molar-refractivity contribution in [3.05, 3.63) is 80.9 Å². The summed E-state index contributed by atoms with van der Waals surface area (Å²) in [6, 6.07) is 10.4. The van der Waals surface area contributed by atoms with Crippen LogP contribution in [-0.2, 0) is 6.54 Å². The van der Waals surface area contributed by atoms with E-state index in [-0.39, 0.29) is 24.1 Å². The number of nitrogens with zero attached hydrogens (tertiary/aromatic N) is 2. The molecule has 3 heterocycles. The number of aromatic nitrogens is 2. The molecule has 1 aromatic carbocycles. The first-order valence-electron chi connectivity index (χ1n) is 16.8. The normalized spacial score (nSPS) is 15.2. The number of likely N-dealkylation sites (tertiary alicyclic amines) is 1. The van der Waals surface area contributed by atoms with Gasteiger partial charge in [0.15, 0.2) is 0 Å². The molecule has 0 radical (unpaired) electrons. The summed E-state index contributed by atoms with van der Waals surface area (Å²) in [5.41, 5.74) is 6.35. The minimum Gasteiger partial charge on any atom is -0.348 e. The lowest BCUT2D eigenvalue weighted by molar-refractivity contribution is 0.0951. The lowest BCUT2D eigenvalue weighted by Gasteiger charge is -2.36. The monoisotopic (exact) mass is 601 g/mol. The molecule has 2 aromatic heterocycles. The van der Waals surface area contributed by atoms with Gasteiger partial charge in [0.2, 0.25) is 0 Å². The summed E-state index contributed by atoms with van der Waals surface area (Å²) >= 11 is 0. The number of para-hydroxylation sites is 1. The van der Waals surface area contributed by atoms with E-state index >= 15 is 0 Å². The fourth-order valence-corrected chi connectivity index (χ4v) is 7.15. The molecular weight excluding hydrogens is 546 g/mol. The van der Waals surface area contributed by atoms with E-state index in [2.05, 4.69) is 71.5 Å². The molecule has 1 aliphatic rings. The van der Waals surface area contributed by atoms with Crippen molar-refractivity contribution < 1.29 is 4.79 Å². The predicted octanol–water partition coefficient (Wildman–Crippen LogP) is 6.82. The number of fused-ring (bicyclic) bond motifs is 1. The van der Waals surface area contributed by atoms with Crippen LogP contribution in [0.1, 0.15) is 98.2 Å². The number of carbonyl (C=O) groups excluding carboxylic acids is 1. The summed E-state index contributed by atoms with van der Waals surface area (Å²) < 4.78 is 2.38. The summed E-state index contributed by atoms with van der Waals surface area (Å²) in [7, 11) is 0. The van der Waals surface area contributed by atoms with E-state index in [4.69, 9.17) is 0 Å². The maximum Gasteiger partial charge on any atom is 0.254 e. The third-order valence-electron chi connectivity index (χ3n) is 10.0. The standard InChI is InChI=1S/C37H55N5O2/c1-8-30(9-2)22-25(3)14-17-38-18-21-41-19-15-31(16-20-41)28(6)42-29(7)35(32-12-10-11-13-34(32)42)37(44)39-24-33-26(4)23-27(5)40-36(33)43/h10-13,23,28,30-31,38H,3,8-9,14-22,24H2,1-2,4-7H3,(H,39,44)(H,40,43)/t28-/m0/s1. The molecule has 3 N–H and O–H groups in total. The molecular formula is C37H55N5O2. The van der Waals surface area contributed by atoms with E-state index in [0.29, 0.717) is 17.0 Å². The second-order valence-corrected chi connectivity index (χ2v) is 13.0. The van der Waals surface area contributed by atoms with Gasteiger partial charge >= 0.3 is 0 Å². The maximum absolute atomic E-state index is 13.6. The van der Waals surface area contributed by atoms with Crippen molar-refractivity contribution in [1.29, 1.82) is 0 Å². The highest BCUT2D eigenvalue weighted by molar-refractivity contribution is 6.08. The first kappa shape index (κ1) is 33.7. The van der Waals surface area contributed by atoms with Gasteiger partial charge in [0.1, 0.15) is 0 Å². The molecule has 0 unspecified atom stereocenters. The van der Waals surface area contributed by atoms with E-state index in [1.54, 1.807) is 0 Å². The van der Waals surface area contributed by atoms with Crippen LogP contribution in [0, 0.1) is 32.6 Å². The Bertz CT molecular complexity index is 1470. The molecule has 0 saturated carbocycles. The zero-order chi connectivity index (χ0) is 31.8. The lowest BCUT2D eigenvalue weighted by Crippen LogP contribution is -2.40. The number of H-pyrrole nitrogens is 1. The number of aryl methyl sites for hydroxylation is 2. The molecule has 1 amide bonds. The molecule has 44 heavy (non-hydrogen) atoms. The quantitative estimate of drug-likeness (QED) is 0.132. The number of pyridine rings is 1. The second kappa shape index (κ2) is 15.7. The van der Waals surface area contributed by atoms with E-state index < -0.39 is 0 Å². The third-order valence-corrected chi connectivity index (χ3v) is 10.0. The van der Waals surface area contributed by atoms with Gasteiger partial charge in [-0.15, -0.1) is 0 Å². The third kappa shape index (κ3) is 8.10. The van der Waals surface area contributed by atoms with Crippen molar-refractivity contribution in [1.82, 2.24) is 25.1 Å². The average Bonchev–Trinajstić information content (AvgIpc) is 3.30. The van der Waals surface area contributed by atoms with Crippen LogP contribution in [0.15, 0.2) is 47.3 Å². The number of hydrogen-bond acceptors (Lipinski definition) is 4. The minimum atomic E-state index is -0.142. The molecule has 7 nitrogen and oxygen atoms in total. The highest BCUT2D eigenvalue weighted by Gasteiger charge is 2.29. The molecule has 7 heteroatoms. The van der Waals surface area contributed by atoms with Crippen LogP contribution in [0.4, 0.5) is 0 Å². The molecule has 1 fully saturated rings. The number of piperidine rings is 1. The largest absolute Gasteiger partial charge is 0.348 e. The number of aromatic amines is 1. The molecule has 1 atom stereocenters. The summed E-state index contributed by atoms with van der Waals surface area (Å²) in [4.78, 5) is 31.6. The fourth-order valence-electron chi connectivity index (χ4n) is 7.15. The Labute approximate surface area is 264 Å². The average molecular weight is 602 g/mol. The second-order valence-electron chi connectivity index (χ2n) is 13.0. The number of nitrogens with one attached hydrogen (secondary N) is 3. The molecule has 1 aliphatic heterocycles.